The van der Waals surface area contributed by atoms with Crippen molar-refractivity contribution in [3.63, 3.8) is 0 Å². The van der Waals surface area contributed by atoms with Crippen LogP contribution >= 0.6 is 0 Å². The summed E-state index contributed by atoms with van der Waals surface area (Å²) in [6, 6.07) is 11.5. The predicted octanol–water partition coefficient (Wildman–Crippen LogP) is 2.24. The fourth-order valence-electron chi connectivity index (χ4n) is 2.59. The molecule has 0 atom stereocenters. The number of nitrogens with two attached hydrogens (primary N) is 1. The first-order valence-corrected chi connectivity index (χ1v) is 6.62. The van der Waals surface area contributed by atoms with E-state index in [2.05, 4.69) is 4.98 Å². The van der Waals surface area contributed by atoms with Crippen LogP contribution in [0.5, 0.6) is 0 Å². The van der Waals surface area contributed by atoms with Crippen LogP contribution in [-0.2, 0) is 0 Å². The fourth-order valence-corrected chi connectivity index (χ4v) is 2.59. The molecule has 0 radical (unpaired) electrons. The van der Waals surface area contributed by atoms with Crippen LogP contribution in [0.3, 0.4) is 0 Å². The summed E-state index contributed by atoms with van der Waals surface area (Å²) in [4.78, 5) is 14.3. The quantitative estimate of drug-likeness (QED) is 0.877. The van der Waals surface area contributed by atoms with Crippen molar-refractivity contribution in [1.29, 1.82) is 10.5 Å². The van der Waals surface area contributed by atoms with Gasteiger partial charge in [0.25, 0.3) is 5.56 Å². The Balaban J connectivity index is 2.41. The maximum Gasteiger partial charge on any atom is 0.268 e. The van der Waals surface area contributed by atoms with Crippen LogP contribution in [0.15, 0.2) is 29.1 Å². The van der Waals surface area contributed by atoms with E-state index in [1.807, 2.05) is 36.4 Å². The van der Waals surface area contributed by atoms with E-state index in [9.17, 15) is 15.3 Å². The number of nitrogens with one attached hydrogen (secondary N) is 1. The minimum Gasteiger partial charge on any atom is -0.384 e. The van der Waals surface area contributed by atoms with Crippen LogP contribution in [0.2, 0.25) is 0 Å². The van der Waals surface area contributed by atoms with Gasteiger partial charge in [-0.2, -0.15) is 10.5 Å². The second-order valence-electron chi connectivity index (χ2n) is 5.08. The summed E-state index contributed by atoms with van der Waals surface area (Å²) in [5, 5.41) is 18.7. The molecule has 102 valence electrons. The van der Waals surface area contributed by atoms with Crippen LogP contribution in [0.4, 0.5) is 5.82 Å². The highest BCUT2D eigenvalue weighted by Crippen LogP contribution is 2.45. The molecule has 1 aromatic heterocycles. The van der Waals surface area contributed by atoms with Gasteiger partial charge < -0.3 is 10.7 Å². The predicted molar refractivity (Wildman–Crippen MR) is 78.3 cm³/mol. The molecule has 1 aliphatic carbocycles. The second-order valence-corrected chi connectivity index (χ2v) is 5.08. The molecular formula is C16H12N4O. The van der Waals surface area contributed by atoms with Gasteiger partial charge in [-0.15, -0.1) is 0 Å². The lowest BCUT2D eigenvalue weighted by molar-refractivity contribution is 1.13. The van der Waals surface area contributed by atoms with Gasteiger partial charge in [0.15, 0.2) is 0 Å². The molecule has 1 fully saturated rings. The van der Waals surface area contributed by atoms with E-state index in [1.165, 1.54) is 0 Å². The van der Waals surface area contributed by atoms with Gasteiger partial charge in [0, 0.05) is 5.56 Å². The molecule has 0 aliphatic heterocycles. The van der Waals surface area contributed by atoms with Crippen molar-refractivity contribution >= 4 is 5.82 Å². The summed E-state index contributed by atoms with van der Waals surface area (Å²) in [5.41, 5.74) is 7.45. The molecule has 1 heterocycles. The van der Waals surface area contributed by atoms with Gasteiger partial charge in [-0.1, -0.05) is 24.3 Å². The van der Waals surface area contributed by atoms with Gasteiger partial charge in [-0.05, 0) is 29.9 Å². The molecule has 1 aliphatic rings. The highest BCUT2D eigenvalue weighted by molar-refractivity contribution is 5.82. The topological polar surface area (TPSA) is 106 Å². The Labute approximate surface area is 121 Å². The van der Waals surface area contributed by atoms with Crippen LogP contribution in [0, 0.1) is 22.7 Å². The average Bonchev–Trinajstić information content (AvgIpc) is 3.31. The molecule has 21 heavy (non-hydrogen) atoms. The third-order valence-corrected chi connectivity index (χ3v) is 3.72. The number of H-pyrrole nitrogens is 1. The molecule has 5 heteroatoms. The first-order valence-electron chi connectivity index (χ1n) is 6.62. The Kier molecular flexibility index (Phi) is 2.97. The Morgan fingerprint density at radius 3 is 2.43 bits per heavy atom. The zero-order valence-corrected chi connectivity index (χ0v) is 11.2. The number of anilines is 1. The van der Waals surface area contributed by atoms with Gasteiger partial charge in [-0.3, -0.25) is 4.79 Å². The van der Waals surface area contributed by atoms with E-state index in [1.54, 1.807) is 0 Å². The number of nitrogens with zero attached hydrogens (tertiary/aromatic N) is 2. The SMILES string of the molecule is N#Cc1c(N)[nH]c(=O)c(C#N)c1-c1ccccc1C1CC1. The minimum atomic E-state index is -0.561. The van der Waals surface area contributed by atoms with Crippen molar-refractivity contribution in [2.45, 2.75) is 18.8 Å². The number of benzene rings is 1. The molecule has 0 spiro atoms. The highest BCUT2D eigenvalue weighted by Gasteiger charge is 2.28. The van der Waals surface area contributed by atoms with E-state index in [4.69, 9.17) is 5.73 Å². The maximum absolute atomic E-state index is 12.0. The summed E-state index contributed by atoms with van der Waals surface area (Å²) < 4.78 is 0. The summed E-state index contributed by atoms with van der Waals surface area (Å²) in [7, 11) is 0. The normalized spacial score (nSPS) is 13.4. The molecule has 1 aromatic carbocycles. The molecule has 3 rings (SSSR count). The smallest absolute Gasteiger partial charge is 0.268 e. The second kappa shape index (κ2) is 4.81. The maximum atomic E-state index is 12.0. The third-order valence-electron chi connectivity index (χ3n) is 3.72. The number of aromatic nitrogens is 1. The van der Waals surface area contributed by atoms with Gasteiger partial charge in [0.1, 0.15) is 29.1 Å². The van der Waals surface area contributed by atoms with Crippen LogP contribution in [0.25, 0.3) is 11.1 Å². The minimum absolute atomic E-state index is 0.00194. The molecule has 3 N–H and O–H groups in total. The summed E-state index contributed by atoms with van der Waals surface area (Å²) in [6.07, 6.45) is 2.17. The molecule has 0 bridgehead atoms. The Hall–Kier alpha value is -3.05. The molecule has 0 unspecified atom stereocenters. The number of nitriles is 2. The first kappa shape index (κ1) is 13.0. The Morgan fingerprint density at radius 2 is 1.81 bits per heavy atom. The molecule has 1 saturated carbocycles. The standard InChI is InChI=1S/C16H12N4O/c17-7-12-14(13(8-18)16(21)20-15(12)19)11-4-2-1-3-10(11)9-5-6-9/h1-4,9H,5-6H2,(H3,19,20,21). The number of aromatic amines is 1. The third kappa shape index (κ3) is 2.05. The molecule has 0 amide bonds. The summed E-state index contributed by atoms with van der Waals surface area (Å²) in [5.74, 6) is 0.432. The van der Waals surface area contributed by atoms with Crippen molar-refractivity contribution in [1.82, 2.24) is 4.98 Å². The number of hydrogen-bond donors (Lipinski definition) is 2. The van der Waals surface area contributed by atoms with Crippen molar-refractivity contribution in [2.24, 2.45) is 0 Å². The average molecular weight is 276 g/mol. The number of hydrogen-bond acceptors (Lipinski definition) is 4. The lowest BCUT2D eigenvalue weighted by Crippen LogP contribution is -2.16. The highest BCUT2D eigenvalue weighted by atomic mass is 16.1. The van der Waals surface area contributed by atoms with Crippen LogP contribution in [-0.4, -0.2) is 4.98 Å². The zero-order valence-electron chi connectivity index (χ0n) is 11.2. The largest absolute Gasteiger partial charge is 0.384 e. The van der Waals surface area contributed by atoms with Crippen molar-refractivity contribution < 1.29 is 0 Å². The first-order chi connectivity index (χ1) is 10.2. The lowest BCUT2D eigenvalue weighted by atomic mass is 9.91. The van der Waals surface area contributed by atoms with E-state index >= 15 is 0 Å². The molecule has 0 saturated heterocycles. The van der Waals surface area contributed by atoms with E-state index in [0.717, 1.165) is 24.0 Å². The summed E-state index contributed by atoms with van der Waals surface area (Å²) >= 11 is 0. The van der Waals surface area contributed by atoms with Gasteiger partial charge >= 0.3 is 0 Å². The van der Waals surface area contributed by atoms with Crippen molar-refractivity contribution in [3.8, 4) is 23.3 Å². The summed E-state index contributed by atoms with van der Waals surface area (Å²) in [6.45, 7) is 0. The van der Waals surface area contributed by atoms with Gasteiger partial charge in [0.2, 0.25) is 0 Å². The van der Waals surface area contributed by atoms with E-state index in [0.29, 0.717) is 11.5 Å². The number of nitrogen functional groups attached to an aromatic ring is 1. The molecule has 2 aromatic rings. The van der Waals surface area contributed by atoms with Gasteiger partial charge in [0.05, 0.1) is 0 Å². The monoisotopic (exact) mass is 276 g/mol. The number of pyridine rings is 1. The Morgan fingerprint density at radius 1 is 1.14 bits per heavy atom. The van der Waals surface area contributed by atoms with E-state index in [-0.39, 0.29) is 16.9 Å². The molecule has 5 nitrogen and oxygen atoms in total. The lowest BCUT2D eigenvalue weighted by Gasteiger charge is -2.12. The zero-order chi connectivity index (χ0) is 15.0. The van der Waals surface area contributed by atoms with Crippen molar-refractivity contribution in [3.05, 3.63) is 51.3 Å². The van der Waals surface area contributed by atoms with Gasteiger partial charge in [-0.25, -0.2) is 0 Å². The fraction of sp³-hybridized carbons (Fsp3) is 0.188. The number of rotatable bonds is 2. The van der Waals surface area contributed by atoms with E-state index < -0.39 is 5.56 Å². The molecular weight excluding hydrogens is 264 g/mol. The Bertz CT molecular complexity index is 863. The van der Waals surface area contributed by atoms with Crippen molar-refractivity contribution in [2.75, 3.05) is 5.73 Å². The van der Waals surface area contributed by atoms with Crippen LogP contribution < -0.4 is 11.3 Å². The van der Waals surface area contributed by atoms with Crippen LogP contribution in [0.1, 0.15) is 35.4 Å².